The highest BCUT2D eigenvalue weighted by molar-refractivity contribution is 5.80. The third-order valence-electron chi connectivity index (χ3n) is 6.91. The molecular weight excluding hydrogens is 383 g/mol. The molecule has 0 radical (unpaired) electrons. The summed E-state index contributed by atoms with van der Waals surface area (Å²) in [5.74, 6) is 0.246. The molecule has 1 aliphatic carbocycles. The van der Waals surface area contributed by atoms with E-state index in [9.17, 15) is 14.0 Å². The number of piperidine rings is 1. The van der Waals surface area contributed by atoms with Gasteiger partial charge in [-0.05, 0) is 63.0 Å². The predicted octanol–water partition coefficient (Wildman–Crippen LogP) is 2.93. The van der Waals surface area contributed by atoms with Crippen LogP contribution in [0.3, 0.4) is 0 Å². The lowest BCUT2D eigenvalue weighted by Crippen LogP contribution is -2.52. The molecule has 2 aliphatic rings. The number of alkyl halides is 1. The summed E-state index contributed by atoms with van der Waals surface area (Å²) in [4.78, 5) is 30.4. The zero-order valence-electron chi connectivity index (χ0n) is 18.0. The van der Waals surface area contributed by atoms with Crippen LogP contribution in [0.2, 0.25) is 0 Å². The minimum atomic E-state index is -0.833. The Kier molecular flexibility index (Phi) is 5.91. The Labute approximate surface area is 176 Å². The summed E-state index contributed by atoms with van der Waals surface area (Å²) >= 11 is 0. The first-order valence-electron chi connectivity index (χ1n) is 11.0. The number of carbonyl (C=O) groups excluding carboxylic acids is 1. The highest BCUT2D eigenvalue weighted by Crippen LogP contribution is 2.40. The van der Waals surface area contributed by atoms with Gasteiger partial charge in [0.25, 0.3) is 5.56 Å². The van der Waals surface area contributed by atoms with Gasteiger partial charge in [-0.15, -0.1) is 0 Å². The van der Waals surface area contributed by atoms with Crippen molar-refractivity contribution in [1.82, 2.24) is 20.2 Å². The second-order valence-corrected chi connectivity index (χ2v) is 9.09. The highest BCUT2D eigenvalue weighted by Gasteiger charge is 2.35. The van der Waals surface area contributed by atoms with E-state index in [1.807, 2.05) is 25.3 Å². The van der Waals surface area contributed by atoms with Crippen LogP contribution in [0.5, 0.6) is 0 Å². The zero-order valence-corrected chi connectivity index (χ0v) is 18.0. The van der Waals surface area contributed by atoms with Crippen molar-refractivity contribution >= 4 is 16.8 Å². The summed E-state index contributed by atoms with van der Waals surface area (Å²) < 4.78 is 15.0. The molecule has 5 unspecified atom stereocenters. The fourth-order valence-electron chi connectivity index (χ4n) is 4.98. The monoisotopic (exact) mass is 414 g/mol. The minimum absolute atomic E-state index is 0.00828. The van der Waals surface area contributed by atoms with Gasteiger partial charge in [-0.25, -0.2) is 4.39 Å². The normalized spacial score (nSPS) is 29.7. The molecule has 30 heavy (non-hydrogen) atoms. The first kappa shape index (κ1) is 21.0. The first-order chi connectivity index (χ1) is 14.3. The lowest BCUT2D eigenvalue weighted by molar-refractivity contribution is -0.127. The molecule has 1 aliphatic heterocycles. The Morgan fingerprint density at radius 2 is 2.07 bits per heavy atom. The molecule has 5 atom stereocenters. The van der Waals surface area contributed by atoms with E-state index in [-0.39, 0.29) is 36.0 Å². The number of nitrogens with zero attached hydrogens (tertiary/aromatic N) is 2. The summed E-state index contributed by atoms with van der Waals surface area (Å²) in [7, 11) is 1.80. The van der Waals surface area contributed by atoms with Crippen LogP contribution in [0.4, 0.5) is 4.39 Å². The number of halogens is 1. The topological polar surface area (TPSA) is 76.0 Å². The summed E-state index contributed by atoms with van der Waals surface area (Å²) in [5, 5.41) is 7.06. The van der Waals surface area contributed by atoms with Crippen molar-refractivity contribution < 1.29 is 9.18 Å². The minimum Gasteiger partial charge on any atom is -0.341 e. The maximum Gasteiger partial charge on any atom is 0.254 e. The summed E-state index contributed by atoms with van der Waals surface area (Å²) in [6.07, 6.45) is 4.28. The molecule has 2 aromatic rings. The number of fused-ring (bicyclic) bond motifs is 1. The van der Waals surface area contributed by atoms with Crippen LogP contribution in [0.15, 0.2) is 23.1 Å². The number of hydrogen-bond donors (Lipinski definition) is 2. The Hall–Kier alpha value is -2.28. The Morgan fingerprint density at radius 1 is 1.27 bits per heavy atom. The fourth-order valence-corrected chi connectivity index (χ4v) is 4.98. The van der Waals surface area contributed by atoms with Crippen LogP contribution in [0.25, 0.3) is 10.9 Å². The number of carbonyl (C=O) groups is 1. The van der Waals surface area contributed by atoms with E-state index in [0.29, 0.717) is 25.2 Å². The average molecular weight is 415 g/mol. The molecule has 3 heterocycles. The van der Waals surface area contributed by atoms with E-state index in [0.717, 1.165) is 35.0 Å². The standard InChI is InChI=1S/C23H31FN4O2/c1-13-4-5-15(22(29)27-21-7-6-17(24)12-26-21)9-18(13)19-10-16-11-25-14(2)8-20(16)28(3)23(19)30/h8,10-11,13,15,17-18,21,26H,4-7,9,12H2,1-3H3,(H,27,29). The van der Waals surface area contributed by atoms with Gasteiger partial charge in [0.1, 0.15) is 6.17 Å². The molecule has 7 heteroatoms. The Balaban J connectivity index is 1.55. The fraction of sp³-hybridized carbons (Fsp3) is 0.609. The molecular formula is C23H31FN4O2. The average Bonchev–Trinajstić information content (AvgIpc) is 2.73. The van der Waals surface area contributed by atoms with Gasteiger partial charge in [-0.2, -0.15) is 0 Å². The van der Waals surface area contributed by atoms with E-state index >= 15 is 0 Å². The first-order valence-corrected chi connectivity index (χ1v) is 11.0. The van der Waals surface area contributed by atoms with Crippen LogP contribution < -0.4 is 16.2 Å². The van der Waals surface area contributed by atoms with Crippen molar-refractivity contribution in [2.75, 3.05) is 6.54 Å². The number of aryl methyl sites for hydroxylation is 2. The Bertz CT molecular complexity index is 997. The van der Waals surface area contributed by atoms with E-state index in [4.69, 9.17) is 0 Å². The zero-order chi connectivity index (χ0) is 21.4. The number of nitrogens with one attached hydrogen (secondary N) is 2. The molecule has 1 amide bonds. The van der Waals surface area contributed by atoms with Gasteiger partial charge in [-0.1, -0.05) is 6.92 Å². The second kappa shape index (κ2) is 8.46. The second-order valence-electron chi connectivity index (χ2n) is 9.09. The van der Waals surface area contributed by atoms with Crippen molar-refractivity contribution in [3.8, 4) is 0 Å². The highest BCUT2D eigenvalue weighted by atomic mass is 19.1. The maximum atomic E-state index is 13.3. The third-order valence-corrected chi connectivity index (χ3v) is 6.91. The number of pyridine rings is 2. The molecule has 2 fully saturated rings. The molecule has 2 aromatic heterocycles. The molecule has 0 aromatic carbocycles. The molecule has 2 N–H and O–H groups in total. The van der Waals surface area contributed by atoms with Crippen LogP contribution in [0, 0.1) is 18.8 Å². The van der Waals surface area contributed by atoms with E-state index in [1.165, 1.54) is 0 Å². The van der Waals surface area contributed by atoms with Crippen LogP contribution in [-0.2, 0) is 11.8 Å². The molecule has 0 spiro atoms. The van der Waals surface area contributed by atoms with Gasteiger partial charge < -0.3 is 9.88 Å². The predicted molar refractivity (Wildman–Crippen MR) is 115 cm³/mol. The molecule has 0 bridgehead atoms. The largest absolute Gasteiger partial charge is 0.341 e. The molecule has 1 saturated heterocycles. The van der Waals surface area contributed by atoms with Gasteiger partial charge in [0.2, 0.25) is 5.91 Å². The van der Waals surface area contributed by atoms with Crippen molar-refractivity contribution in [3.63, 3.8) is 0 Å². The van der Waals surface area contributed by atoms with Gasteiger partial charge in [0.15, 0.2) is 0 Å². The maximum absolute atomic E-state index is 13.3. The summed E-state index contributed by atoms with van der Waals surface area (Å²) in [6.45, 7) is 4.37. The number of hydrogen-bond acceptors (Lipinski definition) is 4. The Morgan fingerprint density at radius 3 is 2.80 bits per heavy atom. The van der Waals surface area contributed by atoms with Crippen LogP contribution >= 0.6 is 0 Å². The SMILES string of the molecule is Cc1cc2c(cn1)cc(C1CC(C(=O)NC3CCC(F)CN3)CCC1C)c(=O)n2C. The van der Waals surface area contributed by atoms with Crippen molar-refractivity contribution in [3.05, 3.63) is 39.9 Å². The van der Waals surface area contributed by atoms with Crippen molar-refractivity contribution in [2.45, 2.75) is 64.2 Å². The smallest absolute Gasteiger partial charge is 0.254 e. The molecule has 1 saturated carbocycles. The number of amides is 1. The van der Waals surface area contributed by atoms with Gasteiger partial charge in [0, 0.05) is 42.4 Å². The lowest BCUT2D eigenvalue weighted by atomic mass is 9.71. The van der Waals surface area contributed by atoms with Crippen molar-refractivity contribution in [2.24, 2.45) is 18.9 Å². The third kappa shape index (κ3) is 4.13. The quantitative estimate of drug-likeness (QED) is 0.810. The van der Waals surface area contributed by atoms with Crippen molar-refractivity contribution in [1.29, 1.82) is 0 Å². The van der Waals surface area contributed by atoms with Crippen LogP contribution in [-0.4, -0.2) is 34.3 Å². The lowest BCUT2D eigenvalue weighted by Gasteiger charge is -2.35. The number of aromatic nitrogens is 2. The van der Waals surface area contributed by atoms with E-state index < -0.39 is 6.17 Å². The summed E-state index contributed by atoms with van der Waals surface area (Å²) in [6, 6.07) is 3.90. The van der Waals surface area contributed by atoms with Crippen LogP contribution in [0.1, 0.15) is 56.2 Å². The molecule has 162 valence electrons. The number of rotatable bonds is 3. The van der Waals surface area contributed by atoms with Gasteiger partial charge in [0.05, 0.1) is 11.7 Å². The molecule has 6 nitrogen and oxygen atoms in total. The van der Waals surface area contributed by atoms with E-state index in [1.54, 1.807) is 11.6 Å². The van der Waals surface area contributed by atoms with Gasteiger partial charge in [-0.3, -0.25) is 19.9 Å². The van der Waals surface area contributed by atoms with Gasteiger partial charge >= 0.3 is 0 Å². The molecule has 4 rings (SSSR count). The van der Waals surface area contributed by atoms with E-state index in [2.05, 4.69) is 22.5 Å². The summed E-state index contributed by atoms with van der Waals surface area (Å²) in [5.41, 5.74) is 2.54.